The molecule has 2 N–H and O–H groups in total. The van der Waals surface area contributed by atoms with Gasteiger partial charge in [-0.15, -0.1) is 0 Å². The first-order valence-corrected chi connectivity index (χ1v) is 5.26. The molecule has 0 aliphatic carbocycles. The summed E-state index contributed by atoms with van der Waals surface area (Å²) in [6.07, 6.45) is 6.09. The molecule has 2 aromatic rings. The first-order chi connectivity index (χ1) is 7.74. The highest BCUT2D eigenvalue weighted by Crippen LogP contribution is 2.15. The lowest BCUT2D eigenvalue weighted by Gasteiger charge is -1.94. The topological polar surface area (TPSA) is 70.9 Å². The van der Waals surface area contributed by atoms with Gasteiger partial charge in [0.1, 0.15) is 5.76 Å². The van der Waals surface area contributed by atoms with E-state index in [1.807, 2.05) is 0 Å². The van der Waals surface area contributed by atoms with Crippen molar-refractivity contribution in [2.24, 2.45) is 0 Å². The van der Waals surface area contributed by atoms with Gasteiger partial charge >= 0.3 is 0 Å². The lowest BCUT2D eigenvalue weighted by molar-refractivity contribution is -0.111. The lowest BCUT2D eigenvalue weighted by Crippen LogP contribution is -2.06. The van der Waals surface area contributed by atoms with Gasteiger partial charge in [0.15, 0.2) is 4.67 Å². The van der Waals surface area contributed by atoms with E-state index in [4.69, 9.17) is 4.42 Å². The predicted molar refractivity (Wildman–Crippen MR) is 62.7 cm³/mol. The summed E-state index contributed by atoms with van der Waals surface area (Å²) in [5, 5.41) is 8.93. The minimum atomic E-state index is -0.242. The molecular formula is C10H8BrN3O2. The Labute approximate surface area is 99.7 Å². The number of hydrogen-bond acceptors (Lipinski definition) is 3. The molecule has 16 heavy (non-hydrogen) atoms. The normalized spacial score (nSPS) is 10.8. The number of furan rings is 1. The van der Waals surface area contributed by atoms with Crippen molar-refractivity contribution in [3.05, 3.63) is 41.0 Å². The van der Waals surface area contributed by atoms with Gasteiger partial charge in [-0.05, 0) is 34.1 Å². The number of carbonyl (C=O) groups excluding carboxylic acids is 1. The Morgan fingerprint density at radius 2 is 2.44 bits per heavy atom. The fourth-order valence-corrected chi connectivity index (χ4v) is 1.40. The summed E-state index contributed by atoms with van der Waals surface area (Å²) in [5.41, 5.74) is 0.621. The molecule has 0 aliphatic rings. The van der Waals surface area contributed by atoms with Crippen LogP contribution >= 0.6 is 15.9 Å². The second kappa shape index (κ2) is 4.80. The van der Waals surface area contributed by atoms with E-state index >= 15 is 0 Å². The van der Waals surface area contributed by atoms with Crippen LogP contribution in [0.2, 0.25) is 0 Å². The van der Waals surface area contributed by atoms with Crippen molar-refractivity contribution in [2.75, 3.05) is 5.32 Å². The number of aromatic amines is 1. The van der Waals surface area contributed by atoms with Crippen molar-refractivity contribution in [3.63, 3.8) is 0 Å². The van der Waals surface area contributed by atoms with Crippen molar-refractivity contribution >= 4 is 33.6 Å². The van der Waals surface area contributed by atoms with Gasteiger partial charge < -0.3 is 9.73 Å². The molecule has 0 atom stereocenters. The quantitative estimate of drug-likeness (QED) is 0.849. The molecule has 2 aromatic heterocycles. The van der Waals surface area contributed by atoms with E-state index in [1.165, 1.54) is 12.3 Å². The molecule has 2 heterocycles. The van der Waals surface area contributed by atoms with Crippen LogP contribution in [-0.4, -0.2) is 16.1 Å². The Morgan fingerprint density at radius 1 is 1.56 bits per heavy atom. The maximum absolute atomic E-state index is 11.4. The maximum atomic E-state index is 11.4. The summed E-state index contributed by atoms with van der Waals surface area (Å²) in [6, 6.07) is 3.51. The molecule has 5 nitrogen and oxygen atoms in total. The Bertz CT molecular complexity index is 502. The van der Waals surface area contributed by atoms with Gasteiger partial charge in [-0.2, -0.15) is 5.10 Å². The van der Waals surface area contributed by atoms with Crippen LogP contribution in [0.15, 0.2) is 39.7 Å². The van der Waals surface area contributed by atoms with Crippen LogP contribution in [0.4, 0.5) is 5.69 Å². The highest BCUT2D eigenvalue weighted by atomic mass is 79.9. The number of halogens is 1. The summed E-state index contributed by atoms with van der Waals surface area (Å²) in [6.45, 7) is 0. The molecule has 2 rings (SSSR count). The SMILES string of the molecule is O=C(/C=C/c1ccc(Br)o1)Nc1cn[nH]c1. The van der Waals surface area contributed by atoms with Crippen molar-refractivity contribution in [3.8, 4) is 0 Å². The van der Waals surface area contributed by atoms with Crippen molar-refractivity contribution in [1.29, 1.82) is 0 Å². The number of hydrogen-bond donors (Lipinski definition) is 2. The molecule has 0 spiro atoms. The monoisotopic (exact) mass is 281 g/mol. The largest absolute Gasteiger partial charge is 0.450 e. The fourth-order valence-electron chi connectivity index (χ4n) is 1.08. The molecule has 1 amide bonds. The molecule has 0 radical (unpaired) electrons. The third-order valence-electron chi connectivity index (χ3n) is 1.76. The zero-order chi connectivity index (χ0) is 11.4. The van der Waals surface area contributed by atoms with Gasteiger partial charge in [0.2, 0.25) is 5.91 Å². The van der Waals surface area contributed by atoms with Crippen LogP contribution in [0.5, 0.6) is 0 Å². The number of nitrogens with zero attached hydrogens (tertiary/aromatic N) is 1. The highest BCUT2D eigenvalue weighted by Gasteiger charge is 1.99. The van der Waals surface area contributed by atoms with Gasteiger partial charge in [0, 0.05) is 12.3 Å². The molecule has 0 saturated heterocycles. The van der Waals surface area contributed by atoms with E-state index in [0.717, 1.165) is 0 Å². The molecule has 0 aromatic carbocycles. The third-order valence-corrected chi connectivity index (χ3v) is 2.18. The number of anilines is 1. The highest BCUT2D eigenvalue weighted by molar-refractivity contribution is 9.10. The van der Waals surface area contributed by atoms with Gasteiger partial charge in [0.05, 0.1) is 11.9 Å². The molecule has 0 unspecified atom stereocenters. The van der Waals surface area contributed by atoms with E-state index in [-0.39, 0.29) is 5.91 Å². The van der Waals surface area contributed by atoms with E-state index in [2.05, 4.69) is 31.4 Å². The first-order valence-electron chi connectivity index (χ1n) is 4.47. The smallest absolute Gasteiger partial charge is 0.248 e. The summed E-state index contributed by atoms with van der Waals surface area (Å²) in [4.78, 5) is 11.4. The molecule has 6 heteroatoms. The zero-order valence-corrected chi connectivity index (χ0v) is 9.69. The zero-order valence-electron chi connectivity index (χ0n) is 8.11. The number of aromatic nitrogens is 2. The van der Waals surface area contributed by atoms with Crippen LogP contribution in [0.1, 0.15) is 5.76 Å². The van der Waals surface area contributed by atoms with Crippen molar-refractivity contribution in [2.45, 2.75) is 0 Å². The second-order valence-electron chi connectivity index (χ2n) is 2.95. The minimum Gasteiger partial charge on any atom is -0.450 e. The van der Waals surface area contributed by atoms with Gasteiger partial charge in [-0.25, -0.2) is 0 Å². The van der Waals surface area contributed by atoms with E-state index in [0.29, 0.717) is 16.1 Å². The van der Waals surface area contributed by atoms with Crippen LogP contribution in [0.25, 0.3) is 6.08 Å². The molecular weight excluding hydrogens is 274 g/mol. The Morgan fingerprint density at radius 3 is 3.06 bits per heavy atom. The Balaban J connectivity index is 1.94. The number of nitrogens with one attached hydrogen (secondary N) is 2. The number of carbonyl (C=O) groups is 1. The van der Waals surface area contributed by atoms with Crippen LogP contribution in [0, 0.1) is 0 Å². The summed E-state index contributed by atoms with van der Waals surface area (Å²) in [7, 11) is 0. The van der Waals surface area contributed by atoms with E-state index < -0.39 is 0 Å². The molecule has 0 aliphatic heterocycles. The lowest BCUT2D eigenvalue weighted by atomic mass is 10.4. The molecule has 82 valence electrons. The van der Waals surface area contributed by atoms with Crippen molar-refractivity contribution < 1.29 is 9.21 Å². The van der Waals surface area contributed by atoms with Crippen LogP contribution in [0.3, 0.4) is 0 Å². The molecule has 0 bridgehead atoms. The van der Waals surface area contributed by atoms with Crippen LogP contribution < -0.4 is 5.32 Å². The van der Waals surface area contributed by atoms with E-state index in [9.17, 15) is 4.79 Å². The summed E-state index contributed by atoms with van der Waals surface area (Å²) in [5.74, 6) is 0.364. The fraction of sp³-hybridized carbons (Fsp3) is 0. The number of H-pyrrole nitrogens is 1. The first kappa shape index (κ1) is 10.7. The Hall–Kier alpha value is -1.82. The summed E-state index contributed by atoms with van der Waals surface area (Å²) < 4.78 is 5.83. The standard InChI is InChI=1S/C10H8BrN3O2/c11-9-3-1-8(16-9)2-4-10(15)14-7-5-12-13-6-7/h1-6H,(H,12,13)(H,14,15)/b4-2+. The Kier molecular flexibility index (Phi) is 3.21. The number of rotatable bonds is 3. The average Bonchev–Trinajstić information content (AvgIpc) is 2.87. The van der Waals surface area contributed by atoms with E-state index in [1.54, 1.807) is 24.4 Å². The summed E-state index contributed by atoms with van der Waals surface area (Å²) >= 11 is 3.17. The second-order valence-corrected chi connectivity index (χ2v) is 3.73. The van der Waals surface area contributed by atoms with Gasteiger partial charge in [-0.1, -0.05) is 0 Å². The van der Waals surface area contributed by atoms with Crippen molar-refractivity contribution in [1.82, 2.24) is 10.2 Å². The molecule has 0 fully saturated rings. The predicted octanol–water partition coefficient (Wildman–Crippen LogP) is 2.42. The maximum Gasteiger partial charge on any atom is 0.248 e. The van der Waals surface area contributed by atoms with Gasteiger partial charge in [0.25, 0.3) is 0 Å². The van der Waals surface area contributed by atoms with Gasteiger partial charge in [-0.3, -0.25) is 9.89 Å². The minimum absolute atomic E-state index is 0.242. The number of amides is 1. The van der Waals surface area contributed by atoms with Crippen LogP contribution in [-0.2, 0) is 4.79 Å². The molecule has 0 saturated carbocycles. The average molecular weight is 282 g/mol. The third kappa shape index (κ3) is 2.83.